The summed E-state index contributed by atoms with van der Waals surface area (Å²) >= 11 is 0. The molecule has 314 valence electrons. The highest BCUT2D eigenvalue weighted by Crippen LogP contribution is 2.43. The number of ether oxygens (including phenoxy) is 2. The summed E-state index contributed by atoms with van der Waals surface area (Å²) in [7, 11) is -4.64. The molecular formula is C42H75O11P. The number of hydrogen-bond acceptors (Lipinski definition) is 10. The Morgan fingerprint density at radius 2 is 1.17 bits per heavy atom. The normalized spacial score (nSPS) is 15.0. The first-order chi connectivity index (χ1) is 26.1. The maximum absolute atomic E-state index is 12.6. The van der Waals surface area contributed by atoms with Crippen molar-refractivity contribution in [3.8, 4) is 0 Å². The van der Waals surface area contributed by atoms with Gasteiger partial charge >= 0.3 is 19.8 Å². The van der Waals surface area contributed by atoms with E-state index in [9.17, 15) is 29.3 Å². The summed E-state index contributed by atoms with van der Waals surface area (Å²) in [6, 6.07) is 0. The number of aliphatic hydroxyl groups excluding tert-OH is 3. The van der Waals surface area contributed by atoms with Crippen LogP contribution in [-0.4, -0.2) is 76.9 Å². The van der Waals surface area contributed by atoms with Gasteiger partial charge in [0.05, 0.1) is 25.9 Å². The summed E-state index contributed by atoms with van der Waals surface area (Å²) in [5, 5.41) is 28.2. The molecule has 0 aromatic heterocycles. The Balaban J connectivity index is 4.40. The molecule has 0 fully saturated rings. The molecule has 0 bridgehead atoms. The number of carbonyl (C=O) groups is 2. The van der Waals surface area contributed by atoms with E-state index >= 15 is 0 Å². The Kier molecular flexibility index (Phi) is 36.3. The summed E-state index contributed by atoms with van der Waals surface area (Å²) in [5.74, 6) is -0.986. The molecule has 0 aliphatic heterocycles. The first-order valence-corrected chi connectivity index (χ1v) is 22.2. The molecule has 0 aliphatic carbocycles. The molecule has 11 nitrogen and oxygen atoms in total. The molecule has 0 heterocycles. The molecule has 0 aromatic carbocycles. The van der Waals surface area contributed by atoms with Crippen LogP contribution in [0.5, 0.6) is 0 Å². The molecular weight excluding hydrogens is 711 g/mol. The zero-order chi connectivity index (χ0) is 40.0. The quantitative estimate of drug-likeness (QED) is 0.0155. The highest BCUT2D eigenvalue weighted by Gasteiger charge is 2.27. The van der Waals surface area contributed by atoms with Gasteiger partial charge in [-0.2, -0.15) is 0 Å². The van der Waals surface area contributed by atoms with E-state index in [1.54, 1.807) is 6.08 Å². The second kappa shape index (κ2) is 37.8. The number of phosphoric ester groups is 1. The lowest BCUT2D eigenvalue weighted by Crippen LogP contribution is -2.29. The minimum absolute atomic E-state index is 0.136. The molecule has 0 rings (SSSR count). The number of carbonyl (C=O) groups excluding carboxylic acids is 2. The van der Waals surface area contributed by atoms with Crippen LogP contribution in [0.25, 0.3) is 0 Å². The van der Waals surface area contributed by atoms with Gasteiger partial charge in [-0.25, -0.2) is 4.57 Å². The van der Waals surface area contributed by atoms with Gasteiger partial charge in [-0.3, -0.25) is 18.6 Å². The van der Waals surface area contributed by atoms with Crippen molar-refractivity contribution in [2.75, 3.05) is 26.4 Å². The SMILES string of the molecule is CC/C=C/CC(O)/C=C/C=C/CCCCCCCC(=O)O[C@H](COC(=O)CCCCCCCCC/C=C\CCCCCC)COP(=O)(O)OC[C@@H](O)CO. The van der Waals surface area contributed by atoms with E-state index in [2.05, 4.69) is 36.6 Å². The van der Waals surface area contributed by atoms with Crippen molar-refractivity contribution in [3.63, 3.8) is 0 Å². The number of rotatable bonds is 38. The van der Waals surface area contributed by atoms with Gasteiger partial charge in [-0.15, -0.1) is 0 Å². The average Bonchev–Trinajstić information content (AvgIpc) is 3.15. The standard InChI is InChI=1S/C42H75O11P/c1-3-5-7-8-9-10-11-12-13-14-15-18-21-24-28-32-41(46)50-36-40(37-52-54(48,49)51-35-39(45)34-43)53-42(47)33-29-25-22-19-16-17-20-23-27-31-38(44)30-26-6-4-2/h6,10-11,20,23,26-27,31,38-40,43-45H,3-5,7-9,12-19,21-22,24-25,28-30,32-37H2,1-2H3,(H,48,49)/b11-10-,23-20+,26-6+,31-27+/t38?,39-,40+/m0/s1. The molecule has 0 aromatic rings. The van der Waals surface area contributed by atoms with Crippen molar-refractivity contribution in [1.82, 2.24) is 0 Å². The average molecular weight is 787 g/mol. The van der Waals surface area contributed by atoms with Crippen LogP contribution in [0.3, 0.4) is 0 Å². The molecule has 0 saturated heterocycles. The second-order valence-corrected chi connectivity index (χ2v) is 15.3. The van der Waals surface area contributed by atoms with Gasteiger partial charge in [0.15, 0.2) is 6.10 Å². The van der Waals surface area contributed by atoms with E-state index in [4.69, 9.17) is 19.1 Å². The summed E-state index contributed by atoms with van der Waals surface area (Å²) in [6.45, 7) is 2.10. The number of unbranched alkanes of at least 4 members (excludes halogenated alkanes) is 16. The summed E-state index contributed by atoms with van der Waals surface area (Å²) in [5.41, 5.74) is 0. The van der Waals surface area contributed by atoms with E-state index in [1.165, 1.54) is 51.4 Å². The lowest BCUT2D eigenvalue weighted by molar-refractivity contribution is -0.161. The number of esters is 2. The first kappa shape index (κ1) is 51.9. The fourth-order valence-corrected chi connectivity index (χ4v) is 6.11. The van der Waals surface area contributed by atoms with E-state index < -0.39 is 57.9 Å². The van der Waals surface area contributed by atoms with Gasteiger partial charge < -0.3 is 29.7 Å². The minimum Gasteiger partial charge on any atom is -0.462 e. The molecule has 4 N–H and O–H groups in total. The van der Waals surface area contributed by atoms with Crippen LogP contribution < -0.4 is 0 Å². The van der Waals surface area contributed by atoms with Crippen molar-refractivity contribution in [2.45, 2.75) is 180 Å². The maximum atomic E-state index is 12.6. The Labute approximate surface area is 326 Å². The van der Waals surface area contributed by atoms with Gasteiger partial charge in [-0.05, 0) is 64.2 Å². The number of hydrogen-bond donors (Lipinski definition) is 4. The van der Waals surface area contributed by atoms with Gasteiger partial charge in [0.2, 0.25) is 0 Å². The van der Waals surface area contributed by atoms with Gasteiger partial charge in [0, 0.05) is 12.8 Å². The van der Waals surface area contributed by atoms with Crippen molar-refractivity contribution < 1.29 is 52.9 Å². The molecule has 2 unspecified atom stereocenters. The van der Waals surface area contributed by atoms with Crippen LogP contribution in [-0.2, 0) is 32.7 Å². The number of allylic oxidation sites excluding steroid dienone is 6. The summed E-state index contributed by atoms with van der Waals surface area (Å²) in [6.07, 6.45) is 35.5. The third-order valence-electron chi connectivity index (χ3n) is 8.55. The van der Waals surface area contributed by atoms with E-state index in [0.29, 0.717) is 19.3 Å². The Morgan fingerprint density at radius 3 is 1.76 bits per heavy atom. The lowest BCUT2D eigenvalue weighted by atomic mass is 10.1. The van der Waals surface area contributed by atoms with Gasteiger partial charge in [0.25, 0.3) is 0 Å². The van der Waals surface area contributed by atoms with Crippen LogP contribution in [0.1, 0.15) is 162 Å². The molecule has 4 atom stereocenters. The summed E-state index contributed by atoms with van der Waals surface area (Å²) < 4.78 is 32.6. The summed E-state index contributed by atoms with van der Waals surface area (Å²) in [4.78, 5) is 34.9. The third kappa shape index (κ3) is 36.8. The number of phosphoric acid groups is 1. The highest BCUT2D eigenvalue weighted by molar-refractivity contribution is 7.47. The van der Waals surface area contributed by atoms with Crippen molar-refractivity contribution >= 4 is 19.8 Å². The van der Waals surface area contributed by atoms with Crippen LogP contribution in [0.15, 0.2) is 48.6 Å². The van der Waals surface area contributed by atoms with Crippen molar-refractivity contribution in [1.29, 1.82) is 0 Å². The Hall–Kier alpha value is -2.11. The Bertz CT molecular complexity index is 1060. The molecule has 0 amide bonds. The molecule has 54 heavy (non-hydrogen) atoms. The highest BCUT2D eigenvalue weighted by atomic mass is 31.2. The fourth-order valence-electron chi connectivity index (χ4n) is 5.32. The van der Waals surface area contributed by atoms with Crippen molar-refractivity contribution in [3.05, 3.63) is 48.6 Å². The smallest absolute Gasteiger partial charge is 0.462 e. The zero-order valence-electron chi connectivity index (χ0n) is 33.5. The fraction of sp³-hybridized carbons (Fsp3) is 0.762. The Morgan fingerprint density at radius 1 is 0.630 bits per heavy atom. The molecule has 0 radical (unpaired) electrons. The van der Waals surface area contributed by atoms with Gasteiger partial charge in [0.1, 0.15) is 12.7 Å². The molecule has 0 saturated carbocycles. The second-order valence-electron chi connectivity index (χ2n) is 13.8. The predicted molar refractivity (Wildman–Crippen MR) is 216 cm³/mol. The minimum atomic E-state index is -4.64. The third-order valence-corrected chi connectivity index (χ3v) is 9.50. The predicted octanol–water partition coefficient (Wildman–Crippen LogP) is 9.53. The lowest BCUT2D eigenvalue weighted by Gasteiger charge is -2.20. The van der Waals surface area contributed by atoms with Crippen LogP contribution in [0.4, 0.5) is 0 Å². The van der Waals surface area contributed by atoms with Crippen LogP contribution in [0, 0.1) is 0 Å². The van der Waals surface area contributed by atoms with Gasteiger partial charge in [-0.1, -0.05) is 133 Å². The van der Waals surface area contributed by atoms with Crippen LogP contribution in [0.2, 0.25) is 0 Å². The molecule has 0 spiro atoms. The van der Waals surface area contributed by atoms with E-state index in [1.807, 2.05) is 24.3 Å². The maximum Gasteiger partial charge on any atom is 0.472 e. The number of aliphatic hydroxyl groups is 3. The largest absolute Gasteiger partial charge is 0.472 e. The van der Waals surface area contributed by atoms with E-state index in [-0.39, 0.29) is 19.4 Å². The zero-order valence-corrected chi connectivity index (χ0v) is 34.4. The monoisotopic (exact) mass is 787 g/mol. The first-order valence-electron chi connectivity index (χ1n) is 20.7. The topological polar surface area (TPSA) is 169 Å². The molecule has 0 aliphatic rings. The van der Waals surface area contributed by atoms with E-state index in [0.717, 1.165) is 64.2 Å². The van der Waals surface area contributed by atoms with Crippen LogP contribution >= 0.6 is 7.82 Å². The molecule has 12 heteroatoms. The van der Waals surface area contributed by atoms with Crippen molar-refractivity contribution in [2.24, 2.45) is 0 Å².